The summed E-state index contributed by atoms with van der Waals surface area (Å²) < 4.78 is 12.6. The molecule has 1 aliphatic rings. The van der Waals surface area contributed by atoms with E-state index in [2.05, 4.69) is 48.1 Å². The van der Waals surface area contributed by atoms with Crippen LogP contribution in [0.25, 0.3) is 0 Å². The van der Waals surface area contributed by atoms with E-state index in [1.165, 1.54) is 5.56 Å². The maximum atomic E-state index is 5.81. The molecule has 0 saturated heterocycles. The Balaban J connectivity index is 2.36. The number of benzene rings is 1. The largest absolute Gasteiger partial charge is 0.490 e. The Morgan fingerprint density at radius 1 is 1.20 bits per heavy atom. The number of fused-ring (bicyclic) bond motifs is 1. The summed E-state index contributed by atoms with van der Waals surface area (Å²) in [6.07, 6.45) is 2.07. The molecule has 0 bridgehead atoms. The summed E-state index contributed by atoms with van der Waals surface area (Å²) in [7, 11) is 0. The minimum Gasteiger partial charge on any atom is -0.490 e. The second-order valence-corrected chi connectivity index (χ2v) is 6.15. The van der Waals surface area contributed by atoms with Crippen LogP contribution in [0.4, 0.5) is 0 Å². The molecule has 0 aliphatic carbocycles. The average Bonchev–Trinajstić information content (AvgIpc) is 2.68. The molecule has 0 fully saturated rings. The van der Waals surface area contributed by atoms with E-state index in [4.69, 9.17) is 9.47 Å². The lowest BCUT2D eigenvalue weighted by Crippen LogP contribution is -2.27. The Kier molecular flexibility index (Phi) is 5.73. The van der Waals surface area contributed by atoms with Crippen LogP contribution < -0.4 is 14.8 Å². The van der Waals surface area contributed by atoms with E-state index in [0.29, 0.717) is 12.0 Å². The van der Waals surface area contributed by atoms with Crippen molar-refractivity contribution in [3.63, 3.8) is 0 Å². The van der Waals surface area contributed by atoms with Crippen molar-refractivity contribution in [3.8, 4) is 11.5 Å². The predicted octanol–water partition coefficient (Wildman–Crippen LogP) is 4.31. The second kappa shape index (κ2) is 7.32. The van der Waals surface area contributed by atoms with Gasteiger partial charge in [0.05, 0.1) is 13.2 Å². The van der Waals surface area contributed by atoms with Gasteiger partial charge in [0.1, 0.15) is 0 Å². The van der Waals surface area contributed by atoms with Crippen LogP contribution in [0.3, 0.4) is 0 Å². The zero-order valence-corrected chi connectivity index (χ0v) is 14.1. The van der Waals surface area contributed by atoms with Crippen molar-refractivity contribution in [1.29, 1.82) is 0 Å². The van der Waals surface area contributed by atoms with Crippen LogP contribution in [-0.2, 0) is 0 Å². The molecule has 112 valence electrons. The zero-order valence-electron chi connectivity index (χ0n) is 12.5. The smallest absolute Gasteiger partial charge is 0.162 e. The molecule has 1 heterocycles. The van der Waals surface area contributed by atoms with Gasteiger partial charge in [-0.1, -0.05) is 43.1 Å². The highest BCUT2D eigenvalue weighted by Crippen LogP contribution is 2.39. The molecule has 0 aromatic heterocycles. The first kappa shape index (κ1) is 15.6. The van der Waals surface area contributed by atoms with Crippen LogP contribution in [0.15, 0.2) is 16.6 Å². The second-order valence-electron chi connectivity index (χ2n) is 5.29. The molecule has 3 nitrogen and oxygen atoms in total. The van der Waals surface area contributed by atoms with Gasteiger partial charge in [-0.2, -0.15) is 0 Å². The molecule has 1 aromatic rings. The van der Waals surface area contributed by atoms with Gasteiger partial charge in [0.25, 0.3) is 0 Å². The van der Waals surface area contributed by atoms with Gasteiger partial charge < -0.3 is 14.8 Å². The van der Waals surface area contributed by atoms with Crippen molar-refractivity contribution in [2.75, 3.05) is 19.8 Å². The first-order valence-electron chi connectivity index (χ1n) is 7.49. The van der Waals surface area contributed by atoms with Gasteiger partial charge in [-0.3, -0.25) is 0 Å². The van der Waals surface area contributed by atoms with Crippen molar-refractivity contribution in [2.24, 2.45) is 5.92 Å². The monoisotopic (exact) mass is 341 g/mol. The van der Waals surface area contributed by atoms with Gasteiger partial charge in [0.15, 0.2) is 11.5 Å². The molecule has 2 atom stereocenters. The molecular weight excluding hydrogens is 318 g/mol. The lowest BCUT2D eigenvalue weighted by molar-refractivity contribution is 0.296. The molecule has 1 N–H and O–H groups in total. The van der Waals surface area contributed by atoms with Crippen molar-refractivity contribution in [3.05, 3.63) is 22.2 Å². The molecule has 4 heteroatoms. The maximum Gasteiger partial charge on any atom is 0.162 e. The third kappa shape index (κ3) is 3.47. The highest BCUT2D eigenvalue weighted by atomic mass is 79.9. The molecule has 20 heavy (non-hydrogen) atoms. The fourth-order valence-corrected chi connectivity index (χ4v) is 3.08. The van der Waals surface area contributed by atoms with Gasteiger partial charge in [0, 0.05) is 16.9 Å². The molecule has 0 radical (unpaired) electrons. The fourth-order valence-electron chi connectivity index (χ4n) is 2.51. The van der Waals surface area contributed by atoms with Crippen molar-refractivity contribution in [2.45, 2.75) is 39.7 Å². The number of halogens is 1. The summed E-state index contributed by atoms with van der Waals surface area (Å²) in [5.74, 6) is 2.28. The number of ether oxygens (including phenoxy) is 2. The first-order valence-corrected chi connectivity index (χ1v) is 8.29. The quantitative estimate of drug-likeness (QED) is 0.865. The Bertz CT molecular complexity index is 450. The maximum absolute atomic E-state index is 5.81. The van der Waals surface area contributed by atoms with E-state index >= 15 is 0 Å². The molecule has 1 aromatic carbocycles. The summed E-state index contributed by atoms with van der Waals surface area (Å²) >= 11 is 3.69. The summed E-state index contributed by atoms with van der Waals surface area (Å²) in [5.41, 5.74) is 1.26. The Hall–Kier alpha value is -0.740. The van der Waals surface area contributed by atoms with E-state index in [0.717, 1.165) is 48.6 Å². The highest BCUT2D eigenvalue weighted by Gasteiger charge is 2.22. The Labute approximate surface area is 130 Å². The molecule has 0 saturated carbocycles. The van der Waals surface area contributed by atoms with Crippen LogP contribution in [0.1, 0.15) is 45.2 Å². The predicted molar refractivity (Wildman–Crippen MR) is 85.6 cm³/mol. The van der Waals surface area contributed by atoms with Crippen molar-refractivity contribution >= 4 is 15.9 Å². The highest BCUT2D eigenvalue weighted by molar-refractivity contribution is 9.10. The third-order valence-electron chi connectivity index (χ3n) is 3.84. The van der Waals surface area contributed by atoms with Gasteiger partial charge in [0.2, 0.25) is 0 Å². The van der Waals surface area contributed by atoms with Crippen LogP contribution in [-0.4, -0.2) is 19.8 Å². The zero-order chi connectivity index (χ0) is 14.5. The Morgan fingerprint density at radius 3 is 2.45 bits per heavy atom. The van der Waals surface area contributed by atoms with Gasteiger partial charge in [-0.15, -0.1) is 0 Å². The fraction of sp³-hybridized carbons (Fsp3) is 0.625. The van der Waals surface area contributed by atoms with E-state index in [1.807, 2.05) is 6.07 Å². The number of nitrogens with one attached hydrogen (secondary N) is 1. The normalized spacial score (nSPS) is 17.4. The summed E-state index contributed by atoms with van der Waals surface area (Å²) in [6.45, 7) is 9.06. The molecule has 1 aliphatic heterocycles. The average molecular weight is 342 g/mol. The SMILES string of the molecule is CCNC(c1cc2c(cc1Br)OCCCO2)C(C)CC. The van der Waals surface area contributed by atoms with Crippen molar-refractivity contribution < 1.29 is 9.47 Å². The number of hydrogen-bond donors (Lipinski definition) is 1. The Morgan fingerprint density at radius 2 is 1.85 bits per heavy atom. The van der Waals surface area contributed by atoms with Gasteiger partial charge in [-0.05, 0) is 30.2 Å². The summed E-state index contributed by atoms with van der Waals surface area (Å²) in [5, 5.41) is 3.59. The van der Waals surface area contributed by atoms with Crippen LogP contribution in [0.5, 0.6) is 11.5 Å². The summed E-state index contributed by atoms with van der Waals surface area (Å²) in [6, 6.07) is 4.50. The summed E-state index contributed by atoms with van der Waals surface area (Å²) in [4.78, 5) is 0. The number of rotatable bonds is 5. The van der Waals surface area contributed by atoms with Crippen LogP contribution in [0, 0.1) is 5.92 Å². The van der Waals surface area contributed by atoms with E-state index in [9.17, 15) is 0 Å². The minimum absolute atomic E-state index is 0.330. The third-order valence-corrected chi connectivity index (χ3v) is 4.53. The molecule has 0 spiro atoms. The van der Waals surface area contributed by atoms with E-state index < -0.39 is 0 Å². The van der Waals surface area contributed by atoms with E-state index in [1.54, 1.807) is 0 Å². The lowest BCUT2D eigenvalue weighted by Gasteiger charge is -2.26. The van der Waals surface area contributed by atoms with Crippen LogP contribution >= 0.6 is 15.9 Å². The minimum atomic E-state index is 0.330. The van der Waals surface area contributed by atoms with Crippen molar-refractivity contribution in [1.82, 2.24) is 5.32 Å². The van der Waals surface area contributed by atoms with Gasteiger partial charge in [-0.25, -0.2) is 0 Å². The molecular formula is C16H24BrNO2. The van der Waals surface area contributed by atoms with Gasteiger partial charge >= 0.3 is 0 Å². The molecule has 0 amide bonds. The van der Waals surface area contributed by atoms with E-state index in [-0.39, 0.29) is 0 Å². The topological polar surface area (TPSA) is 30.5 Å². The first-order chi connectivity index (χ1) is 9.67. The molecule has 2 unspecified atom stereocenters. The number of hydrogen-bond acceptors (Lipinski definition) is 3. The lowest BCUT2D eigenvalue weighted by atomic mass is 9.92. The molecule has 2 rings (SSSR count). The van der Waals surface area contributed by atoms with Crippen LogP contribution in [0.2, 0.25) is 0 Å². The standard InChI is InChI=1S/C16H24BrNO2/c1-4-11(3)16(18-5-2)12-9-14-15(10-13(12)17)20-8-6-7-19-14/h9-11,16,18H,4-8H2,1-3H3.